The molecule has 0 aliphatic rings. The summed E-state index contributed by atoms with van der Waals surface area (Å²) in [6.45, 7) is 18.1. The van der Waals surface area contributed by atoms with Crippen molar-refractivity contribution in [2.24, 2.45) is 22.7 Å². The van der Waals surface area contributed by atoms with Crippen molar-refractivity contribution >= 4 is 0 Å². The molecule has 0 saturated carbocycles. The Kier molecular flexibility index (Phi) is 25.6. The molecule has 0 N–H and O–H groups in total. The number of rotatable bonds is 4. The smallest absolute Gasteiger partial charge is 0.0261 e. The summed E-state index contributed by atoms with van der Waals surface area (Å²) in [5.74, 6) is 8.41. The average Bonchev–Trinajstić information content (AvgIpc) is 1.96. The highest BCUT2D eigenvalue weighted by Gasteiger charge is 2.20. The van der Waals surface area contributed by atoms with Gasteiger partial charge in [0.1, 0.15) is 0 Å². The summed E-state index contributed by atoms with van der Waals surface area (Å²) < 4.78 is 0. The van der Waals surface area contributed by atoms with Gasteiger partial charge in [-0.15, -0.1) is 0 Å². The van der Waals surface area contributed by atoms with Crippen molar-refractivity contribution in [2.45, 2.75) is 105 Å². The Morgan fingerprint density at radius 2 is 0.762 bits per heavy atom. The van der Waals surface area contributed by atoms with E-state index in [2.05, 4.69) is 67.2 Å². The third kappa shape index (κ3) is 22.0. The lowest BCUT2D eigenvalue weighted by atomic mass is 9.80. The summed E-state index contributed by atoms with van der Waals surface area (Å²) in [5.41, 5.74) is 0.310. The van der Waals surface area contributed by atoms with E-state index in [9.17, 15) is 0 Å². The van der Waals surface area contributed by atoms with E-state index in [4.69, 9.17) is 0 Å². The van der Waals surface area contributed by atoms with Gasteiger partial charge in [0.25, 0.3) is 0 Å². The van der Waals surface area contributed by atoms with Crippen LogP contribution in [-0.2, 0) is 0 Å². The average molecular weight is 303 g/mol. The first-order valence-corrected chi connectivity index (χ1v) is 6.58. The van der Waals surface area contributed by atoms with Crippen LogP contribution in [0, 0.1) is 34.5 Å². The van der Waals surface area contributed by atoms with Gasteiger partial charge in [-0.3, -0.25) is 0 Å². The van der Waals surface area contributed by atoms with Crippen molar-refractivity contribution in [3.05, 3.63) is 0 Å². The highest BCUT2D eigenvalue weighted by molar-refractivity contribution is 5.15. The zero-order valence-electron chi connectivity index (χ0n) is 12.6. The Morgan fingerprint density at radius 3 is 0.905 bits per heavy atom. The molecule has 0 aliphatic heterocycles. The first kappa shape index (κ1) is 37.1. The van der Waals surface area contributed by atoms with Crippen LogP contribution < -0.4 is 0 Å². The van der Waals surface area contributed by atoms with Crippen molar-refractivity contribution in [3.63, 3.8) is 0 Å². The first-order valence-electron chi connectivity index (χ1n) is 6.58. The molecule has 0 aromatic carbocycles. The molecule has 0 heteroatoms. The van der Waals surface area contributed by atoms with Crippen LogP contribution in [0.5, 0.6) is 0 Å². The second-order valence-corrected chi connectivity index (χ2v) is 7.21. The molecule has 0 nitrogen and oxygen atoms in total. The second kappa shape index (κ2) is 14.5. The van der Waals surface area contributed by atoms with E-state index in [0.29, 0.717) is 0 Å². The summed E-state index contributed by atoms with van der Waals surface area (Å²) in [5, 5.41) is 0. The highest BCUT2D eigenvalue weighted by Crippen LogP contribution is 2.28. The minimum Gasteiger partial charge on any atom is -0.0965 e. The summed E-state index contributed by atoms with van der Waals surface area (Å²) in [7, 11) is 0. The SMILES string of the molecule is C.C.C.C.C.CC(C)CC(C)(C)C#CC(C)(C)CC(C)C. The number of hydrogen-bond acceptors (Lipinski definition) is 0. The number of hydrogen-bond donors (Lipinski definition) is 0. The van der Waals surface area contributed by atoms with E-state index in [1.807, 2.05) is 0 Å². The van der Waals surface area contributed by atoms with Gasteiger partial charge in [-0.25, -0.2) is 0 Å². The summed E-state index contributed by atoms with van der Waals surface area (Å²) in [4.78, 5) is 0. The van der Waals surface area contributed by atoms with E-state index < -0.39 is 0 Å². The molecule has 0 rings (SSSR count). The third-order valence-electron chi connectivity index (χ3n) is 2.58. The van der Waals surface area contributed by atoms with Crippen LogP contribution in [0.15, 0.2) is 0 Å². The molecule has 0 atom stereocenters. The molecule has 0 unspecified atom stereocenters. The van der Waals surface area contributed by atoms with Crippen molar-refractivity contribution in [3.8, 4) is 11.8 Å². The van der Waals surface area contributed by atoms with Crippen LogP contribution in [0.4, 0.5) is 0 Å². The fourth-order valence-electron chi connectivity index (χ4n) is 2.48. The molecule has 0 amide bonds. The van der Waals surface area contributed by atoms with Gasteiger partial charge < -0.3 is 0 Å². The van der Waals surface area contributed by atoms with Crippen molar-refractivity contribution in [1.29, 1.82) is 0 Å². The molecule has 0 saturated heterocycles. The predicted octanol–water partition coefficient (Wildman–Crippen LogP) is 8.31. The molecule has 0 bridgehead atoms. The monoisotopic (exact) mass is 302 g/mol. The van der Waals surface area contributed by atoms with Crippen molar-refractivity contribution in [1.82, 2.24) is 0 Å². The molecule has 0 radical (unpaired) electrons. The summed E-state index contributed by atoms with van der Waals surface area (Å²) >= 11 is 0. The highest BCUT2D eigenvalue weighted by atomic mass is 14.2. The van der Waals surface area contributed by atoms with Gasteiger partial charge in [-0.1, -0.05) is 76.7 Å². The largest absolute Gasteiger partial charge is 0.0965 e. The van der Waals surface area contributed by atoms with E-state index in [1.165, 1.54) is 12.8 Å². The summed E-state index contributed by atoms with van der Waals surface area (Å²) in [6, 6.07) is 0. The summed E-state index contributed by atoms with van der Waals surface area (Å²) in [6.07, 6.45) is 2.36. The zero-order chi connectivity index (χ0) is 13.0. The lowest BCUT2D eigenvalue weighted by Gasteiger charge is -2.23. The maximum Gasteiger partial charge on any atom is 0.0261 e. The zero-order valence-corrected chi connectivity index (χ0v) is 12.6. The molecule has 0 heterocycles. The Balaban J connectivity index is -0.000000112. The van der Waals surface area contributed by atoms with Crippen LogP contribution in [0.3, 0.4) is 0 Å². The molecule has 0 fully saturated rings. The molecule has 0 aliphatic carbocycles. The fraction of sp³-hybridized carbons (Fsp3) is 0.905. The minimum atomic E-state index is 0. The fourth-order valence-corrected chi connectivity index (χ4v) is 2.48. The van der Waals surface area contributed by atoms with Gasteiger partial charge in [0.05, 0.1) is 0 Å². The van der Waals surface area contributed by atoms with Crippen molar-refractivity contribution < 1.29 is 0 Å². The van der Waals surface area contributed by atoms with Gasteiger partial charge in [0, 0.05) is 10.8 Å². The maximum atomic E-state index is 3.49. The van der Waals surface area contributed by atoms with Crippen LogP contribution in [0.25, 0.3) is 0 Å². The Hall–Kier alpha value is -0.440. The van der Waals surface area contributed by atoms with E-state index in [-0.39, 0.29) is 48.0 Å². The topological polar surface area (TPSA) is 0 Å². The maximum absolute atomic E-state index is 3.49. The van der Waals surface area contributed by atoms with Gasteiger partial charge in [-0.2, -0.15) is 0 Å². The molecule has 0 aromatic rings. The Labute approximate surface area is 140 Å². The lowest BCUT2D eigenvalue weighted by Crippen LogP contribution is -2.16. The quantitative estimate of drug-likeness (QED) is 0.458. The van der Waals surface area contributed by atoms with Crippen LogP contribution in [-0.4, -0.2) is 0 Å². The molecule has 21 heavy (non-hydrogen) atoms. The van der Waals surface area contributed by atoms with E-state index in [1.54, 1.807) is 0 Å². The minimum absolute atomic E-state index is 0. The molecular weight excluding hydrogens is 252 g/mol. The molecular formula is C21H50. The predicted molar refractivity (Wildman–Crippen MR) is 108 cm³/mol. The van der Waals surface area contributed by atoms with Gasteiger partial charge in [0.2, 0.25) is 0 Å². The second-order valence-electron chi connectivity index (χ2n) is 7.21. The lowest BCUT2D eigenvalue weighted by molar-refractivity contribution is 0.365. The van der Waals surface area contributed by atoms with Crippen LogP contribution in [0.1, 0.15) is 105 Å². The molecule has 0 aromatic heterocycles. The van der Waals surface area contributed by atoms with Crippen LogP contribution in [0.2, 0.25) is 0 Å². The Bertz CT molecular complexity index is 229. The van der Waals surface area contributed by atoms with E-state index in [0.717, 1.165) is 11.8 Å². The van der Waals surface area contributed by atoms with Gasteiger partial charge in [0.15, 0.2) is 0 Å². The normalized spacial score (nSPS) is 9.81. The van der Waals surface area contributed by atoms with Crippen molar-refractivity contribution in [2.75, 3.05) is 0 Å². The standard InChI is InChI=1S/C16H30.5CH4/c1-13(2)11-15(5,6)9-10-16(7,8)12-14(3)4;;;;;/h13-14H,11-12H2,1-8H3;5*1H4. The third-order valence-corrected chi connectivity index (χ3v) is 2.58. The van der Waals surface area contributed by atoms with Gasteiger partial charge in [-0.05, 0) is 52.4 Å². The van der Waals surface area contributed by atoms with Gasteiger partial charge >= 0.3 is 0 Å². The molecule has 0 spiro atoms. The molecule has 134 valence electrons. The first-order chi connectivity index (χ1) is 7.04. The Morgan fingerprint density at radius 1 is 0.571 bits per heavy atom. The van der Waals surface area contributed by atoms with Crippen LogP contribution >= 0.6 is 0 Å². The van der Waals surface area contributed by atoms with E-state index >= 15 is 0 Å².